The molecule has 0 fully saturated rings. The average Bonchev–Trinajstić information content (AvgIpc) is 2.13. The third-order valence-electron chi connectivity index (χ3n) is 2.19. The Kier molecular flexibility index (Phi) is 3.66. The number of sulfone groups is 1. The van der Waals surface area contributed by atoms with Gasteiger partial charge in [0.1, 0.15) is 10.7 Å². The van der Waals surface area contributed by atoms with Gasteiger partial charge in [-0.15, -0.1) is 0 Å². The first-order valence-electron chi connectivity index (χ1n) is 5.30. The van der Waals surface area contributed by atoms with Crippen molar-refractivity contribution in [2.45, 2.75) is 25.7 Å². The highest BCUT2D eigenvalue weighted by atomic mass is 32.2. The summed E-state index contributed by atoms with van der Waals surface area (Å²) in [5, 5.41) is 2.49. The van der Waals surface area contributed by atoms with Crippen LogP contribution in [0.4, 0.5) is 11.6 Å². The van der Waals surface area contributed by atoms with Crippen molar-refractivity contribution in [1.82, 2.24) is 4.98 Å². The largest absolute Gasteiger partial charge is 0.384 e. The van der Waals surface area contributed by atoms with Gasteiger partial charge in [0.25, 0.3) is 0 Å². The Balaban J connectivity index is 3.24. The second-order valence-electron chi connectivity index (χ2n) is 5.06. The fourth-order valence-corrected chi connectivity index (χ4v) is 1.91. The van der Waals surface area contributed by atoms with E-state index < -0.39 is 15.3 Å². The van der Waals surface area contributed by atoms with Crippen molar-refractivity contribution in [2.75, 3.05) is 17.3 Å². The molecule has 1 rings (SSSR count). The van der Waals surface area contributed by atoms with Gasteiger partial charge in [0.2, 0.25) is 5.91 Å². The van der Waals surface area contributed by atoms with Gasteiger partial charge in [-0.1, -0.05) is 20.8 Å². The topological polar surface area (TPSA) is 102 Å². The summed E-state index contributed by atoms with van der Waals surface area (Å²) >= 11 is 0. The zero-order chi connectivity index (χ0) is 14.1. The van der Waals surface area contributed by atoms with Crippen LogP contribution in [0, 0.1) is 5.41 Å². The van der Waals surface area contributed by atoms with Crippen molar-refractivity contribution in [1.29, 1.82) is 0 Å². The minimum atomic E-state index is -3.47. The molecule has 1 amide bonds. The molecule has 0 aliphatic heterocycles. The van der Waals surface area contributed by atoms with Crippen molar-refractivity contribution >= 4 is 27.4 Å². The quantitative estimate of drug-likeness (QED) is 0.837. The molecule has 1 aromatic heterocycles. The van der Waals surface area contributed by atoms with Crippen LogP contribution >= 0.6 is 0 Å². The Hall–Kier alpha value is -1.63. The normalized spacial score (nSPS) is 12.2. The number of anilines is 2. The van der Waals surface area contributed by atoms with Crippen LogP contribution in [0.5, 0.6) is 0 Å². The molecule has 0 aliphatic carbocycles. The van der Waals surface area contributed by atoms with Gasteiger partial charge in [-0.3, -0.25) is 4.79 Å². The third-order valence-corrected chi connectivity index (χ3v) is 3.32. The molecule has 0 saturated heterocycles. The first-order chi connectivity index (χ1) is 8.01. The number of amides is 1. The number of nitrogen functional groups attached to an aromatic ring is 1. The molecule has 0 spiro atoms. The van der Waals surface area contributed by atoms with E-state index in [4.69, 9.17) is 5.73 Å². The van der Waals surface area contributed by atoms with Crippen LogP contribution in [0.1, 0.15) is 20.8 Å². The second-order valence-corrected chi connectivity index (χ2v) is 7.04. The van der Waals surface area contributed by atoms with Gasteiger partial charge in [-0.05, 0) is 12.1 Å². The van der Waals surface area contributed by atoms with Gasteiger partial charge >= 0.3 is 0 Å². The smallest absolute Gasteiger partial charge is 0.230 e. The third kappa shape index (κ3) is 3.43. The molecule has 1 heterocycles. The lowest BCUT2D eigenvalue weighted by Gasteiger charge is -2.18. The highest BCUT2D eigenvalue weighted by molar-refractivity contribution is 7.90. The summed E-state index contributed by atoms with van der Waals surface area (Å²) in [6, 6.07) is 2.71. The molecule has 0 bridgehead atoms. The number of hydrogen-bond acceptors (Lipinski definition) is 5. The summed E-state index contributed by atoms with van der Waals surface area (Å²) in [5.41, 5.74) is 4.85. The van der Waals surface area contributed by atoms with E-state index in [2.05, 4.69) is 10.3 Å². The Morgan fingerprint density at radius 2 is 1.89 bits per heavy atom. The van der Waals surface area contributed by atoms with E-state index in [0.29, 0.717) is 0 Å². The zero-order valence-corrected chi connectivity index (χ0v) is 11.6. The minimum absolute atomic E-state index is 0.0302. The molecule has 7 heteroatoms. The summed E-state index contributed by atoms with van der Waals surface area (Å²) in [7, 11) is -3.47. The molecule has 18 heavy (non-hydrogen) atoms. The Labute approximate surface area is 107 Å². The van der Waals surface area contributed by atoms with Gasteiger partial charge < -0.3 is 11.1 Å². The van der Waals surface area contributed by atoms with Crippen molar-refractivity contribution < 1.29 is 13.2 Å². The first kappa shape index (κ1) is 14.4. The van der Waals surface area contributed by atoms with Crippen LogP contribution in [-0.4, -0.2) is 25.6 Å². The lowest BCUT2D eigenvalue weighted by Crippen LogP contribution is -2.29. The molecule has 0 atom stereocenters. The molecule has 0 radical (unpaired) electrons. The average molecular weight is 271 g/mol. The van der Waals surface area contributed by atoms with Crippen LogP contribution in [0.2, 0.25) is 0 Å². The van der Waals surface area contributed by atoms with Crippen molar-refractivity contribution in [3.63, 3.8) is 0 Å². The number of nitrogens with zero attached hydrogens (tertiary/aromatic N) is 1. The fraction of sp³-hybridized carbons (Fsp3) is 0.455. The summed E-state index contributed by atoms with van der Waals surface area (Å²) < 4.78 is 23.1. The van der Waals surface area contributed by atoms with E-state index in [1.165, 1.54) is 12.1 Å². The molecule has 0 saturated carbocycles. The highest BCUT2D eigenvalue weighted by Gasteiger charge is 2.24. The van der Waals surface area contributed by atoms with Crippen LogP contribution in [-0.2, 0) is 14.6 Å². The van der Waals surface area contributed by atoms with Crippen LogP contribution in [0.15, 0.2) is 17.0 Å². The predicted molar refractivity (Wildman–Crippen MR) is 69.8 cm³/mol. The van der Waals surface area contributed by atoms with E-state index in [1.807, 2.05) is 0 Å². The monoisotopic (exact) mass is 271 g/mol. The minimum Gasteiger partial charge on any atom is -0.384 e. The lowest BCUT2D eigenvalue weighted by atomic mass is 9.96. The molecular weight excluding hydrogens is 254 g/mol. The number of nitrogens with two attached hydrogens (primary N) is 1. The lowest BCUT2D eigenvalue weighted by molar-refractivity contribution is -0.123. The summed E-state index contributed by atoms with van der Waals surface area (Å²) in [4.78, 5) is 15.7. The molecule has 0 unspecified atom stereocenters. The van der Waals surface area contributed by atoms with Crippen molar-refractivity contribution in [2.24, 2.45) is 5.41 Å². The summed E-state index contributed by atoms with van der Waals surface area (Å²) in [5.74, 6) is -0.213. The number of carbonyl (C=O) groups is 1. The van der Waals surface area contributed by atoms with E-state index in [1.54, 1.807) is 20.8 Å². The molecule has 100 valence electrons. The van der Waals surface area contributed by atoms with Crippen molar-refractivity contribution in [3.05, 3.63) is 12.1 Å². The Morgan fingerprint density at radius 1 is 1.33 bits per heavy atom. The number of rotatable bonds is 2. The molecule has 3 N–H and O–H groups in total. The zero-order valence-electron chi connectivity index (χ0n) is 10.8. The van der Waals surface area contributed by atoms with Crippen LogP contribution in [0.25, 0.3) is 0 Å². The van der Waals surface area contributed by atoms with Crippen LogP contribution < -0.4 is 11.1 Å². The molecule has 1 aromatic rings. The first-order valence-corrected chi connectivity index (χ1v) is 7.19. The number of carbonyl (C=O) groups excluding carboxylic acids is 1. The number of pyridine rings is 1. The molecule has 0 aliphatic rings. The second kappa shape index (κ2) is 4.56. The Morgan fingerprint density at radius 3 is 2.33 bits per heavy atom. The maximum atomic E-state index is 11.8. The highest BCUT2D eigenvalue weighted by Crippen LogP contribution is 2.23. The van der Waals surface area contributed by atoms with Crippen molar-refractivity contribution in [3.8, 4) is 0 Å². The Bertz CT molecular complexity index is 574. The maximum Gasteiger partial charge on any atom is 0.230 e. The summed E-state index contributed by atoms with van der Waals surface area (Å²) in [6.45, 7) is 5.15. The van der Waals surface area contributed by atoms with Gasteiger partial charge in [0.15, 0.2) is 15.7 Å². The number of nitrogens with one attached hydrogen (secondary N) is 1. The van der Waals surface area contributed by atoms with Crippen LogP contribution in [0.3, 0.4) is 0 Å². The SMILES string of the molecule is CC(C)(C)C(=O)Nc1nc(N)ccc1S(C)(=O)=O. The van der Waals surface area contributed by atoms with Gasteiger partial charge in [0, 0.05) is 11.7 Å². The fourth-order valence-electron chi connectivity index (χ4n) is 1.15. The van der Waals surface area contributed by atoms with E-state index in [-0.39, 0.29) is 22.4 Å². The summed E-state index contributed by atoms with van der Waals surface area (Å²) in [6.07, 6.45) is 1.05. The molecule has 0 aromatic carbocycles. The van der Waals surface area contributed by atoms with E-state index in [9.17, 15) is 13.2 Å². The maximum absolute atomic E-state index is 11.8. The predicted octanol–water partition coefficient (Wildman–Crippen LogP) is 1.05. The molecule has 6 nitrogen and oxygen atoms in total. The van der Waals surface area contributed by atoms with Gasteiger partial charge in [0.05, 0.1) is 0 Å². The standard InChI is InChI=1S/C11H17N3O3S/c1-11(2,3)10(15)14-9-7(18(4,16)17)5-6-8(12)13-9/h5-6H,1-4H3,(H3,12,13,14,15). The number of aromatic nitrogens is 1. The number of hydrogen-bond donors (Lipinski definition) is 2. The molecular formula is C11H17N3O3S. The van der Waals surface area contributed by atoms with Gasteiger partial charge in [-0.25, -0.2) is 13.4 Å². The van der Waals surface area contributed by atoms with Gasteiger partial charge in [-0.2, -0.15) is 0 Å². The van der Waals surface area contributed by atoms with E-state index >= 15 is 0 Å². The van der Waals surface area contributed by atoms with E-state index in [0.717, 1.165) is 6.26 Å².